The predicted molar refractivity (Wildman–Crippen MR) is 74.7 cm³/mol. The number of rotatable bonds is 2. The second kappa shape index (κ2) is 5.94. The van der Waals surface area contributed by atoms with Gasteiger partial charge in [-0.25, -0.2) is 5.41 Å². The van der Waals surface area contributed by atoms with Crippen molar-refractivity contribution in [2.24, 2.45) is 4.99 Å². The molecule has 0 saturated carbocycles. The van der Waals surface area contributed by atoms with Crippen LogP contribution in [0.25, 0.3) is 0 Å². The van der Waals surface area contributed by atoms with Crippen LogP contribution in [0, 0.1) is 26.2 Å². The van der Waals surface area contributed by atoms with E-state index in [1.54, 1.807) is 0 Å². The van der Waals surface area contributed by atoms with E-state index in [0.29, 0.717) is 4.32 Å². The van der Waals surface area contributed by atoms with E-state index in [1.165, 1.54) is 34.0 Å². The molecule has 0 heterocycles. The van der Waals surface area contributed by atoms with Gasteiger partial charge in [0.2, 0.25) is 0 Å². The van der Waals surface area contributed by atoms with Gasteiger partial charge in [-0.05, 0) is 49.7 Å². The molecule has 0 spiro atoms. The second-order valence-corrected chi connectivity index (χ2v) is 5.26. The molecule has 2 nitrogen and oxygen atoms in total. The van der Waals surface area contributed by atoms with Gasteiger partial charge in [0.25, 0.3) is 0 Å². The van der Waals surface area contributed by atoms with Gasteiger partial charge in [0.05, 0.1) is 6.01 Å². The Bertz CT molecular complexity index is 437. The van der Waals surface area contributed by atoms with Gasteiger partial charge in [-0.1, -0.05) is 29.5 Å². The summed E-state index contributed by atoms with van der Waals surface area (Å²) in [4.78, 5) is 3.63. The number of aliphatic imine (C=N–C) groups is 1. The fourth-order valence-electron chi connectivity index (χ4n) is 1.65. The Kier molecular flexibility index (Phi) is 4.87. The maximum Gasteiger partial charge on any atom is 0.171 e. The van der Waals surface area contributed by atoms with Crippen LogP contribution < -0.4 is 0 Å². The zero-order valence-electron chi connectivity index (χ0n) is 9.63. The zero-order chi connectivity index (χ0) is 12.1. The fraction of sp³-hybridized carbons (Fsp3) is 0.333. The first-order chi connectivity index (χ1) is 7.54. The highest BCUT2D eigenvalue weighted by molar-refractivity contribution is 8.22. The smallest absolute Gasteiger partial charge is 0.171 e. The molecule has 0 radical (unpaired) electrons. The molecule has 0 amide bonds. The van der Waals surface area contributed by atoms with Gasteiger partial charge in [-0.2, -0.15) is 4.99 Å². The molecule has 1 N–H and O–H groups in total. The van der Waals surface area contributed by atoms with Gasteiger partial charge < -0.3 is 0 Å². The largest absolute Gasteiger partial charge is 0.241 e. The van der Waals surface area contributed by atoms with Crippen LogP contribution in [0.1, 0.15) is 22.3 Å². The summed E-state index contributed by atoms with van der Waals surface area (Å²) in [6, 6.07) is 6.30. The van der Waals surface area contributed by atoms with Crippen LogP contribution in [0.5, 0.6) is 0 Å². The van der Waals surface area contributed by atoms with E-state index in [0.717, 1.165) is 5.75 Å². The standard InChI is InChI=1S/C12H14N2S2/c1-8-4-9(2)11(10(3)5-8)6-16-12(15)14-7-13/h4-5,13H,6H2,1-3H3. The monoisotopic (exact) mass is 250 g/mol. The van der Waals surface area contributed by atoms with Crippen molar-refractivity contribution in [1.82, 2.24) is 0 Å². The molecule has 4 heteroatoms. The van der Waals surface area contributed by atoms with Crippen molar-refractivity contribution in [2.75, 3.05) is 0 Å². The lowest BCUT2D eigenvalue weighted by Crippen LogP contribution is -1.94. The van der Waals surface area contributed by atoms with Crippen LogP contribution >= 0.6 is 24.0 Å². The topological polar surface area (TPSA) is 36.2 Å². The third kappa shape index (κ3) is 3.56. The summed E-state index contributed by atoms with van der Waals surface area (Å²) < 4.78 is 0.467. The number of thiocarbonyl (C=S) groups is 1. The molecule has 0 saturated heterocycles. The Balaban J connectivity index is 2.82. The number of aryl methyl sites for hydroxylation is 3. The highest BCUT2D eigenvalue weighted by atomic mass is 32.2. The Morgan fingerprint density at radius 2 is 1.94 bits per heavy atom. The summed E-state index contributed by atoms with van der Waals surface area (Å²) in [6.45, 7) is 6.32. The first-order valence-electron chi connectivity index (χ1n) is 4.90. The molecule has 0 aliphatic carbocycles. The van der Waals surface area contributed by atoms with E-state index in [9.17, 15) is 0 Å². The molecule has 16 heavy (non-hydrogen) atoms. The number of benzene rings is 1. The lowest BCUT2D eigenvalue weighted by Gasteiger charge is -2.10. The van der Waals surface area contributed by atoms with Crippen LogP contribution in [0.15, 0.2) is 17.1 Å². The first kappa shape index (κ1) is 13.1. The highest BCUT2D eigenvalue weighted by Crippen LogP contribution is 2.22. The third-order valence-corrected chi connectivity index (χ3v) is 3.54. The summed E-state index contributed by atoms with van der Waals surface area (Å²) in [5.41, 5.74) is 5.15. The number of nitrogens with zero attached hydrogens (tertiary/aromatic N) is 1. The molecule has 0 unspecified atom stereocenters. The molecule has 0 aromatic heterocycles. The van der Waals surface area contributed by atoms with E-state index in [-0.39, 0.29) is 0 Å². The van der Waals surface area contributed by atoms with Gasteiger partial charge in [0.1, 0.15) is 0 Å². The molecule has 1 aromatic rings. The average molecular weight is 250 g/mol. The number of hydrogen-bond donors (Lipinski definition) is 1. The molecule has 0 bridgehead atoms. The maximum absolute atomic E-state index is 6.71. The van der Waals surface area contributed by atoms with E-state index >= 15 is 0 Å². The molecule has 0 aliphatic heterocycles. The van der Waals surface area contributed by atoms with Crippen molar-refractivity contribution in [3.05, 3.63) is 34.4 Å². The van der Waals surface area contributed by atoms with E-state index in [1.807, 2.05) is 6.01 Å². The molecule has 0 aliphatic rings. The van der Waals surface area contributed by atoms with Crippen molar-refractivity contribution in [2.45, 2.75) is 26.5 Å². The Morgan fingerprint density at radius 1 is 1.38 bits per heavy atom. The van der Waals surface area contributed by atoms with E-state index in [2.05, 4.69) is 37.9 Å². The minimum atomic E-state index is 0.467. The minimum Gasteiger partial charge on any atom is -0.241 e. The van der Waals surface area contributed by atoms with Crippen molar-refractivity contribution in [3.8, 4) is 0 Å². The van der Waals surface area contributed by atoms with Crippen LogP contribution in [-0.4, -0.2) is 10.3 Å². The predicted octanol–water partition coefficient (Wildman–Crippen LogP) is 3.88. The lowest BCUT2D eigenvalue weighted by molar-refractivity contribution is 1.22. The van der Waals surface area contributed by atoms with Crippen LogP contribution in [0.2, 0.25) is 0 Å². The summed E-state index contributed by atoms with van der Waals surface area (Å²) >= 11 is 6.45. The fourth-order valence-corrected chi connectivity index (χ4v) is 2.71. The number of thioether (sulfide) groups is 1. The molecule has 84 valence electrons. The van der Waals surface area contributed by atoms with E-state index < -0.39 is 0 Å². The molecule has 1 rings (SSSR count). The molecule has 0 fully saturated rings. The number of hydrogen-bond acceptors (Lipinski definition) is 3. The molecular weight excluding hydrogens is 236 g/mol. The summed E-state index contributed by atoms with van der Waals surface area (Å²) in [5.74, 6) is 0.808. The minimum absolute atomic E-state index is 0.467. The van der Waals surface area contributed by atoms with Crippen LogP contribution in [0.3, 0.4) is 0 Å². The quantitative estimate of drug-likeness (QED) is 0.638. The maximum atomic E-state index is 6.71. The molecule has 1 aromatic carbocycles. The average Bonchev–Trinajstić information content (AvgIpc) is 2.16. The van der Waals surface area contributed by atoms with Gasteiger partial charge in [0.15, 0.2) is 4.32 Å². The third-order valence-electron chi connectivity index (χ3n) is 2.33. The van der Waals surface area contributed by atoms with Crippen molar-refractivity contribution >= 4 is 34.3 Å². The van der Waals surface area contributed by atoms with Crippen LogP contribution in [0.4, 0.5) is 0 Å². The van der Waals surface area contributed by atoms with Crippen molar-refractivity contribution in [1.29, 1.82) is 5.41 Å². The van der Waals surface area contributed by atoms with Crippen molar-refractivity contribution in [3.63, 3.8) is 0 Å². The second-order valence-electron chi connectivity index (χ2n) is 3.66. The van der Waals surface area contributed by atoms with Gasteiger partial charge in [-0.15, -0.1) is 0 Å². The lowest BCUT2D eigenvalue weighted by atomic mass is 10.0. The SMILES string of the molecule is Cc1cc(C)c(CSC(=S)N=C=N)c(C)c1. The summed E-state index contributed by atoms with van der Waals surface area (Å²) in [5, 5.41) is 6.71. The van der Waals surface area contributed by atoms with E-state index in [4.69, 9.17) is 17.6 Å². The van der Waals surface area contributed by atoms with Gasteiger partial charge in [0, 0.05) is 5.75 Å². The van der Waals surface area contributed by atoms with Crippen LogP contribution in [-0.2, 0) is 5.75 Å². The summed E-state index contributed by atoms with van der Waals surface area (Å²) in [6.07, 6.45) is 0. The number of nitrogens with one attached hydrogen (secondary N) is 1. The first-order valence-corrected chi connectivity index (χ1v) is 6.30. The zero-order valence-corrected chi connectivity index (χ0v) is 11.3. The Labute approximate surface area is 106 Å². The normalized spacial score (nSPS) is 9.69. The van der Waals surface area contributed by atoms with Gasteiger partial charge >= 0.3 is 0 Å². The Hall–Kier alpha value is -0.960. The summed E-state index contributed by atoms with van der Waals surface area (Å²) in [7, 11) is 0. The van der Waals surface area contributed by atoms with Gasteiger partial charge in [-0.3, -0.25) is 0 Å². The van der Waals surface area contributed by atoms with Crippen molar-refractivity contribution < 1.29 is 0 Å². The molecular formula is C12H14N2S2. The molecule has 0 atom stereocenters. The highest BCUT2D eigenvalue weighted by Gasteiger charge is 2.05. The Morgan fingerprint density at radius 3 is 2.44 bits per heavy atom.